The second-order valence-corrected chi connectivity index (χ2v) is 2.50. The third-order valence-corrected chi connectivity index (χ3v) is 1.46. The Morgan fingerprint density at radius 2 is 2.45 bits per heavy atom. The van der Waals surface area contributed by atoms with E-state index < -0.39 is 0 Å². The Hall–Kier alpha value is -0.610. The molecule has 0 aromatic heterocycles. The summed E-state index contributed by atoms with van der Waals surface area (Å²) in [5.74, 6) is -0.0285. The third kappa shape index (κ3) is 3.34. The maximum Gasteiger partial charge on any atom is 0.216 e. The Morgan fingerprint density at radius 1 is 1.64 bits per heavy atom. The van der Waals surface area contributed by atoms with E-state index in [0.29, 0.717) is 26.4 Å². The first-order valence-electron chi connectivity index (χ1n) is 3.73. The highest BCUT2D eigenvalue weighted by Crippen LogP contribution is 1.98. The first-order chi connectivity index (χ1) is 5.29. The smallest absolute Gasteiger partial charge is 0.216 e. The Kier molecular flexibility index (Phi) is 3.32. The number of nitrogens with one attached hydrogen (secondary N) is 1. The van der Waals surface area contributed by atoms with E-state index >= 15 is 0 Å². The summed E-state index contributed by atoms with van der Waals surface area (Å²) >= 11 is 0. The molecule has 0 aromatic rings. The molecule has 11 heavy (non-hydrogen) atoms. The molecule has 1 atom stereocenters. The van der Waals surface area contributed by atoms with E-state index in [9.17, 15) is 4.79 Å². The van der Waals surface area contributed by atoms with Crippen LogP contribution < -0.4 is 5.32 Å². The minimum Gasteiger partial charge on any atom is -0.376 e. The third-order valence-electron chi connectivity index (χ3n) is 1.46. The molecule has 4 nitrogen and oxygen atoms in total. The summed E-state index contributed by atoms with van der Waals surface area (Å²) in [5.41, 5.74) is 0. The van der Waals surface area contributed by atoms with Crippen LogP contribution >= 0.6 is 0 Å². The summed E-state index contributed by atoms with van der Waals surface area (Å²) in [6, 6.07) is 0. The van der Waals surface area contributed by atoms with Crippen LogP contribution in [0.25, 0.3) is 0 Å². The minimum absolute atomic E-state index is 0.0285. The topological polar surface area (TPSA) is 47.6 Å². The zero-order valence-electron chi connectivity index (χ0n) is 6.63. The van der Waals surface area contributed by atoms with Gasteiger partial charge in [0.15, 0.2) is 0 Å². The lowest BCUT2D eigenvalue weighted by Gasteiger charge is -2.22. The highest BCUT2D eigenvalue weighted by molar-refractivity contribution is 5.72. The fourth-order valence-electron chi connectivity index (χ4n) is 0.912. The van der Waals surface area contributed by atoms with Crippen LogP contribution in [0.15, 0.2) is 0 Å². The van der Waals surface area contributed by atoms with Gasteiger partial charge in [-0.15, -0.1) is 0 Å². The van der Waals surface area contributed by atoms with Gasteiger partial charge in [0, 0.05) is 13.5 Å². The summed E-state index contributed by atoms with van der Waals surface area (Å²) in [6.07, 6.45) is 0.0349. The van der Waals surface area contributed by atoms with Crippen molar-refractivity contribution in [3.63, 3.8) is 0 Å². The number of amides is 1. The Bertz CT molecular complexity index is 132. The predicted molar refractivity (Wildman–Crippen MR) is 39.2 cm³/mol. The summed E-state index contributed by atoms with van der Waals surface area (Å²) in [6.45, 7) is 3.92. The monoisotopic (exact) mass is 159 g/mol. The van der Waals surface area contributed by atoms with E-state index in [4.69, 9.17) is 9.47 Å². The lowest BCUT2D eigenvalue weighted by Crippen LogP contribution is -2.38. The maximum absolute atomic E-state index is 10.5. The average Bonchev–Trinajstić information content (AvgIpc) is 2.03. The molecule has 0 aliphatic carbocycles. The van der Waals surface area contributed by atoms with Gasteiger partial charge >= 0.3 is 0 Å². The molecule has 0 unspecified atom stereocenters. The molecule has 1 aliphatic rings. The SMILES string of the molecule is CC(=O)NC[C@H]1COCCO1. The van der Waals surface area contributed by atoms with Crippen LogP contribution in [0, 0.1) is 0 Å². The van der Waals surface area contributed by atoms with Gasteiger partial charge in [0.2, 0.25) is 5.91 Å². The van der Waals surface area contributed by atoms with Gasteiger partial charge in [0.1, 0.15) is 0 Å². The quantitative estimate of drug-likeness (QED) is 0.593. The Balaban J connectivity index is 2.09. The molecular formula is C7H13NO3. The van der Waals surface area contributed by atoms with Gasteiger partial charge in [-0.3, -0.25) is 4.79 Å². The molecule has 1 amide bonds. The largest absolute Gasteiger partial charge is 0.376 e. The van der Waals surface area contributed by atoms with Crippen molar-refractivity contribution in [2.75, 3.05) is 26.4 Å². The van der Waals surface area contributed by atoms with E-state index in [2.05, 4.69) is 5.32 Å². The van der Waals surface area contributed by atoms with Crippen molar-refractivity contribution < 1.29 is 14.3 Å². The van der Waals surface area contributed by atoms with Crippen molar-refractivity contribution in [1.29, 1.82) is 0 Å². The fraction of sp³-hybridized carbons (Fsp3) is 0.857. The molecule has 1 fully saturated rings. The van der Waals surface area contributed by atoms with Crippen molar-refractivity contribution in [1.82, 2.24) is 5.32 Å². The van der Waals surface area contributed by atoms with Crippen LogP contribution in [0.1, 0.15) is 6.92 Å². The standard InChI is InChI=1S/C7H13NO3/c1-6(9)8-4-7-5-10-2-3-11-7/h7H,2-5H2,1H3,(H,8,9)/t7-/m0/s1. The number of rotatable bonds is 2. The fourth-order valence-corrected chi connectivity index (χ4v) is 0.912. The van der Waals surface area contributed by atoms with Crippen molar-refractivity contribution in [2.45, 2.75) is 13.0 Å². The second-order valence-electron chi connectivity index (χ2n) is 2.50. The molecule has 1 heterocycles. The highest BCUT2D eigenvalue weighted by atomic mass is 16.6. The normalized spacial score (nSPS) is 24.6. The number of hydrogen-bond donors (Lipinski definition) is 1. The molecule has 0 radical (unpaired) electrons. The average molecular weight is 159 g/mol. The number of hydrogen-bond acceptors (Lipinski definition) is 3. The molecule has 4 heteroatoms. The zero-order valence-corrected chi connectivity index (χ0v) is 6.63. The van der Waals surface area contributed by atoms with Gasteiger partial charge in [-0.05, 0) is 0 Å². The second kappa shape index (κ2) is 4.31. The van der Waals surface area contributed by atoms with Gasteiger partial charge in [-0.2, -0.15) is 0 Å². The van der Waals surface area contributed by atoms with E-state index in [1.54, 1.807) is 0 Å². The van der Waals surface area contributed by atoms with Crippen molar-refractivity contribution in [2.24, 2.45) is 0 Å². The van der Waals surface area contributed by atoms with Gasteiger partial charge in [-0.1, -0.05) is 0 Å². The lowest BCUT2D eigenvalue weighted by atomic mass is 10.3. The van der Waals surface area contributed by atoms with E-state index in [1.807, 2.05) is 0 Å². The van der Waals surface area contributed by atoms with Crippen molar-refractivity contribution in [3.8, 4) is 0 Å². The minimum atomic E-state index is -0.0285. The van der Waals surface area contributed by atoms with Gasteiger partial charge in [0.05, 0.1) is 25.9 Å². The van der Waals surface area contributed by atoms with Crippen LogP contribution in [-0.2, 0) is 14.3 Å². The van der Waals surface area contributed by atoms with Crippen LogP contribution in [0.3, 0.4) is 0 Å². The first kappa shape index (κ1) is 8.49. The molecule has 0 saturated carbocycles. The van der Waals surface area contributed by atoms with Crippen molar-refractivity contribution in [3.05, 3.63) is 0 Å². The molecule has 0 spiro atoms. The van der Waals surface area contributed by atoms with E-state index in [-0.39, 0.29) is 12.0 Å². The van der Waals surface area contributed by atoms with Crippen molar-refractivity contribution >= 4 is 5.91 Å². The number of carbonyl (C=O) groups excluding carboxylic acids is 1. The summed E-state index contributed by atoms with van der Waals surface area (Å²) in [5, 5.41) is 2.67. The molecule has 64 valence electrons. The number of carbonyl (C=O) groups is 1. The zero-order chi connectivity index (χ0) is 8.10. The first-order valence-corrected chi connectivity index (χ1v) is 3.73. The lowest BCUT2D eigenvalue weighted by molar-refractivity contribution is -0.121. The predicted octanol–water partition coefficient (Wildman–Crippen LogP) is -0.462. The summed E-state index contributed by atoms with van der Waals surface area (Å²) < 4.78 is 10.4. The highest BCUT2D eigenvalue weighted by Gasteiger charge is 2.13. The molecule has 1 saturated heterocycles. The summed E-state index contributed by atoms with van der Waals surface area (Å²) in [7, 11) is 0. The van der Waals surface area contributed by atoms with Gasteiger partial charge in [-0.25, -0.2) is 0 Å². The van der Waals surface area contributed by atoms with Crippen LogP contribution in [0.5, 0.6) is 0 Å². The molecule has 1 N–H and O–H groups in total. The van der Waals surface area contributed by atoms with Crippen LogP contribution in [0.2, 0.25) is 0 Å². The van der Waals surface area contributed by atoms with Gasteiger partial charge < -0.3 is 14.8 Å². The van der Waals surface area contributed by atoms with E-state index in [0.717, 1.165) is 0 Å². The van der Waals surface area contributed by atoms with Crippen LogP contribution in [-0.4, -0.2) is 38.4 Å². The molecule has 1 aliphatic heterocycles. The molecule has 0 bridgehead atoms. The Morgan fingerprint density at radius 3 is 3.00 bits per heavy atom. The summed E-state index contributed by atoms with van der Waals surface area (Å²) in [4.78, 5) is 10.5. The van der Waals surface area contributed by atoms with E-state index in [1.165, 1.54) is 6.92 Å². The van der Waals surface area contributed by atoms with Gasteiger partial charge in [0.25, 0.3) is 0 Å². The Labute approximate surface area is 65.9 Å². The molecule has 1 rings (SSSR count). The molecular weight excluding hydrogens is 146 g/mol. The maximum atomic E-state index is 10.5. The molecule has 0 aromatic carbocycles. The number of ether oxygens (including phenoxy) is 2. The van der Waals surface area contributed by atoms with Crippen LogP contribution in [0.4, 0.5) is 0 Å².